The van der Waals surface area contributed by atoms with Gasteiger partial charge < -0.3 is 20.5 Å². The van der Waals surface area contributed by atoms with Crippen LogP contribution in [0.4, 0.5) is 10.5 Å². The third-order valence-electron chi connectivity index (χ3n) is 4.55. The maximum absolute atomic E-state index is 12.4. The number of methoxy groups -OCH3 is 1. The van der Waals surface area contributed by atoms with Crippen molar-refractivity contribution in [2.24, 2.45) is 11.3 Å². The van der Waals surface area contributed by atoms with Gasteiger partial charge in [-0.25, -0.2) is 4.79 Å². The zero-order valence-electron chi connectivity index (χ0n) is 15.1. The highest BCUT2D eigenvalue weighted by Crippen LogP contribution is 2.43. The van der Waals surface area contributed by atoms with Crippen LogP contribution in [0.5, 0.6) is 0 Å². The lowest BCUT2D eigenvalue weighted by Crippen LogP contribution is -2.58. The molecule has 0 radical (unpaired) electrons. The number of rotatable bonds is 6. The van der Waals surface area contributed by atoms with Crippen LogP contribution in [-0.2, 0) is 11.3 Å². The van der Waals surface area contributed by atoms with Crippen LogP contribution in [0.15, 0.2) is 12.4 Å². The van der Waals surface area contributed by atoms with E-state index in [4.69, 9.17) is 4.74 Å². The van der Waals surface area contributed by atoms with Crippen molar-refractivity contribution in [3.8, 4) is 0 Å². The number of nitrogens with zero attached hydrogens (tertiary/aromatic N) is 2. The summed E-state index contributed by atoms with van der Waals surface area (Å²) in [6, 6.07) is -0.305. The third kappa shape index (κ3) is 4.95. The van der Waals surface area contributed by atoms with Crippen LogP contribution in [0.3, 0.4) is 0 Å². The van der Waals surface area contributed by atoms with E-state index in [1.165, 1.54) is 0 Å². The summed E-state index contributed by atoms with van der Waals surface area (Å²) in [5.41, 5.74) is 0.149. The highest BCUT2D eigenvalue weighted by Gasteiger charge is 2.43. The Morgan fingerprint density at radius 3 is 2.88 bits per heavy atom. The van der Waals surface area contributed by atoms with Gasteiger partial charge in [0.25, 0.3) is 0 Å². The van der Waals surface area contributed by atoms with Gasteiger partial charge in [0.1, 0.15) is 0 Å². The van der Waals surface area contributed by atoms with E-state index in [1.807, 2.05) is 0 Å². The van der Waals surface area contributed by atoms with Crippen molar-refractivity contribution in [3.63, 3.8) is 0 Å². The monoisotopic (exact) mass is 338 g/mol. The van der Waals surface area contributed by atoms with Crippen LogP contribution >= 0.6 is 0 Å². The van der Waals surface area contributed by atoms with Gasteiger partial charge in [0, 0.05) is 13.3 Å². The van der Waals surface area contributed by atoms with Gasteiger partial charge in [0.15, 0.2) is 0 Å². The van der Waals surface area contributed by atoms with Gasteiger partial charge in [0.05, 0.1) is 37.2 Å². The Kier molecular flexibility index (Phi) is 5.87. The SMILES string of the molecule is COCCn1cc(NC(=O)N[C@@]2(CO)C[C@@H](C)CC(C)(C)C2)cn1. The second kappa shape index (κ2) is 7.53. The standard InChI is InChI=1S/C17H30N4O3/c1-13-7-16(2,3)11-17(8-13,12-22)20-15(23)19-14-9-18-21(10-14)5-6-24-4/h9-10,13,22H,5-8,11-12H2,1-4H3,(H2,19,20,23)/t13-,17-/m0/s1. The average molecular weight is 338 g/mol. The molecule has 0 unspecified atom stereocenters. The molecule has 0 spiro atoms. The van der Waals surface area contributed by atoms with E-state index in [1.54, 1.807) is 24.2 Å². The summed E-state index contributed by atoms with van der Waals surface area (Å²) < 4.78 is 6.72. The largest absolute Gasteiger partial charge is 0.394 e. The minimum absolute atomic E-state index is 0.0543. The van der Waals surface area contributed by atoms with Crippen LogP contribution in [-0.4, -0.2) is 46.8 Å². The Morgan fingerprint density at radius 1 is 1.50 bits per heavy atom. The molecule has 1 fully saturated rings. The molecule has 1 aromatic rings. The number of hydrogen-bond donors (Lipinski definition) is 3. The third-order valence-corrected chi connectivity index (χ3v) is 4.55. The van der Waals surface area contributed by atoms with Gasteiger partial charge in [-0.05, 0) is 30.6 Å². The summed E-state index contributed by atoms with van der Waals surface area (Å²) in [4.78, 5) is 12.4. The molecule has 0 aromatic carbocycles. The van der Waals surface area contributed by atoms with Gasteiger partial charge in [-0.1, -0.05) is 20.8 Å². The number of aliphatic hydroxyl groups excluding tert-OH is 1. The molecule has 0 saturated heterocycles. The Hall–Kier alpha value is -1.60. The number of amides is 2. The molecular formula is C17H30N4O3. The second-order valence-electron chi connectivity index (χ2n) is 7.86. The van der Waals surface area contributed by atoms with Crippen molar-refractivity contribution in [1.82, 2.24) is 15.1 Å². The molecular weight excluding hydrogens is 308 g/mol. The van der Waals surface area contributed by atoms with E-state index in [2.05, 4.69) is 36.5 Å². The minimum atomic E-state index is -0.572. The van der Waals surface area contributed by atoms with Crippen molar-refractivity contribution >= 4 is 11.7 Å². The number of carbonyl (C=O) groups excluding carboxylic acids is 1. The van der Waals surface area contributed by atoms with Crippen LogP contribution in [0.25, 0.3) is 0 Å². The van der Waals surface area contributed by atoms with Gasteiger partial charge in [-0.2, -0.15) is 5.10 Å². The van der Waals surface area contributed by atoms with E-state index in [9.17, 15) is 9.90 Å². The fraction of sp³-hybridized carbons (Fsp3) is 0.765. The molecule has 2 amide bonds. The van der Waals surface area contributed by atoms with Crippen molar-refractivity contribution in [3.05, 3.63) is 12.4 Å². The Labute approximate surface area is 143 Å². The molecule has 1 saturated carbocycles. The first-order valence-electron chi connectivity index (χ1n) is 8.49. The van der Waals surface area contributed by atoms with E-state index in [0.29, 0.717) is 24.8 Å². The molecule has 1 aromatic heterocycles. The lowest BCUT2D eigenvalue weighted by atomic mass is 9.64. The predicted octanol–water partition coefficient (Wildman–Crippen LogP) is 2.23. The highest BCUT2D eigenvalue weighted by atomic mass is 16.5. The van der Waals surface area contributed by atoms with Crippen LogP contribution in [0, 0.1) is 11.3 Å². The number of carbonyl (C=O) groups is 1. The fourth-order valence-electron chi connectivity index (χ4n) is 4.14. The summed E-state index contributed by atoms with van der Waals surface area (Å²) in [6.07, 6.45) is 6.02. The maximum Gasteiger partial charge on any atom is 0.319 e. The zero-order valence-corrected chi connectivity index (χ0v) is 15.1. The van der Waals surface area contributed by atoms with Crippen LogP contribution < -0.4 is 10.6 Å². The van der Waals surface area contributed by atoms with Gasteiger partial charge >= 0.3 is 6.03 Å². The number of ether oxygens (including phenoxy) is 1. The van der Waals surface area contributed by atoms with E-state index in [-0.39, 0.29) is 18.1 Å². The minimum Gasteiger partial charge on any atom is -0.394 e. The van der Waals surface area contributed by atoms with E-state index >= 15 is 0 Å². The molecule has 1 aliphatic rings. The van der Waals surface area contributed by atoms with Crippen molar-refractivity contribution in [1.29, 1.82) is 0 Å². The van der Waals surface area contributed by atoms with Crippen molar-refractivity contribution in [2.75, 3.05) is 25.6 Å². The number of nitrogens with one attached hydrogen (secondary N) is 2. The normalized spacial score (nSPS) is 26.1. The topological polar surface area (TPSA) is 88.4 Å². The van der Waals surface area contributed by atoms with Crippen molar-refractivity contribution in [2.45, 2.75) is 52.1 Å². The molecule has 0 bridgehead atoms. The Bertz CT molecular complexity index is 558. The molecule has 2 atom stereocenters. The summed E-state index contributed by atoms with van der Waals surface area (Å²) in [7, 11) is 1.64. The number of urea groups is 1. The zero-order chi connectivity index (χ0) is 17.8. The molecule has 3 N–H and O–H groups in total. The number of anilines is 1. The summed E-state index contributed by atoms with van der Waals surface area (Å²) in [5, 5.41) is 19.9. The molecule has 136 valence electrons. The number of aromatic nitrogens is 2. The van der Waals surface area contributed by atoms with E-state index in [0.717, 1.165) is 19.3 Å². The van der Waals surface area contributed by atoms with Crippen LogP contribution in [0.1, 0.15) is 40.0 Å². The fourth-order valence-corrected chi connectivity index (χ4v) is 4.14. The highest BCUT2D eigenvalue weighted by molar-refractivity contribution is 5.89. The first-order chi connectivity index (χ1) is 11.3. The van der Waals surface area contributed by atoms with Crippen molar-refractivity contribution < 1.29 is 14.6 Å². The molecule has 24 heavy (non-hydrogen) atoms. The molecule has 7 nitrogen and oxygen atoms in total. The number of hydrogen-bond acceptors (Lipinski definition) is 4. The molecule has 0 aliphatic heterocycles. The van der Waals surface area contributed by atoms with E-state index < -0.39 is 5.54 Å². The lowest BCUT2D eigenvalue weighted by Gasteiger charge is -2.47. The maximum atomic E-state index is 12.4. The van der Waals surface area contributed by atoms with Gasteiger partial charge in [0.2, 0.25) is 0 Å². The Morgan fingerprint density at radius 2 is 2.25 bits per heavy atom. The Balaban J connectivity index is 1.98. The molecule has 1 heterocycles. The summed E-state index contributed by atoms with van der Waals surface area (Å²) >= 11 is 0. The molecule has 2 rings (SSSR count). The first-order valence-corrected chi connectivity index (χ1v) is 8.49. The average Bonchev–Trinajstić information content (AvgIpc) is 2.90. The van der Waals surface area contributed by atoms with Gasteiger partial charge in [-0.15, -0.1) is 0 Å². The lowest BCUT2D eigenvalue weighted by molar-refractivity contribution is 0.0446. The van der Waals surface area contributed by atoms with Crippen LogP contribution in [0.2, 0.25) is 0 Å². The van der Waals surface area contributed by atoms with Gasteiger partial charge in [-0.3, -0.25) is 4.68 Å². The second-order valence-corrected chi connectivity index (χ2v) is 7.86. The summed E-state index contributed by atoms with van der Waals surface area (Å²) in [5.74, 6) is 0.456. The molecule has 7 heteroatoms. The first kappa shape index (κ1) is 18.7. The quantitative estimate of drug-likeness (QED) is 0.742. The molecule has 1 aliphatic carbocycles. The summed E-state index contributed by atoms with van der Waals surface area (Å²) in [6.45, 7) is 7.69. The predicted molar refractivity (Wildman–Crippen MR) is 92.9 cm³/mol. The smallest absolute Gasteiger partial charge is 0.319 e. The number of aliphatic hydroxyl groups is 1.